The Bertz CT molecular complexity index is 1210. The summed E-state index contributed by atoms with van der Waals surface area (Å²) < 4.78 is 7.33. The number of halogens is 1. The predicted molar refractivity (Wildman–Crippen MR) is 124 cm³/mol. The van der Waals surface area contributed by atoms with Crippen LogP contribution in [0.25, 0.3) is 5.65 Å². The van der Waals surface area contributed by atoms with E-state index in [-0.39, 0.29) is 5.91 Å². The Kier molecular flexibility index (Phi) is 5.83. The standard InChI is InChI=1S/C24H24ClN5O2/c25-18-7-8-23-27-19(17-30(23)15-18)16-28-9-11-29(12-10-28)24(31)21-5-1-2-6-22(21)26-14-20-4-3-13-32-20/h1-8,13,15,17,26H,9-12,14,16H2. The molecule has 8 heteroatoms. The number of para-hydroxylation sites is 1. The molecular weight excluding hydrogens is 426 g/mol. The molecule has 0 unspecified atom stereocenters. The van der Waals surface area contributed by atoms with Gasteiger partial charge in [-0.1, -0.05) is 23.7 Å². The van der Waals surface area contributed by atoms with E-state index in [2.05, 4.69) is 15.2 Å². The monoisotopic (exact) mass is 449 g/mol. The van der Waals surface area contributed by atoms with Crippen LogP contribution in [0.5, 0.6) is 0 Å². The molecule has 0 spiro atoms. The molecule has 3 aromatic heterocycles. The minimum absolute atomic E-state index is 0.0505. The molecule has 0 radical (unpaired) electrons. The highest BCUT2D eigenvalue weighted by molar-refractivity contribution is 6.30. The summed E-state index contributed by atoms with van der Waals surface area (Å²) in [5, 5.41) is 4.01. The zero-order valence-corrected chi connectivity index (χ0v) is 18.3. The normalized spacial score (nSPS) is 14.7. The van der Waals surface area contributed by atoms with Crippen LogP contribution < -0.4 is 5.32 Å². The van der Waals surface area contributed by atoms with Gasteiger partial charge >= 0.3 is 0 Å². The SMILES string of the molecule is O=C(c1ccccc1NCc1ccco1)N1CCN(Cc2cn3cc(Cl)ccc3n2)CC1. The molecule has 1 aliphatic heterocycles. The molecular formula is C24H24ClN5O2. The van der Waals surface area contributed by atoms with E-state index in [4.69, 9.17) is 16.0 Å². The molecule has 1 aliphatic rings. The zero-order chi connectivity index (χ0) is 21.9. The minimum Gasteiger partial charge on any atom is -0.467 e. The van der Waals surface area contributed by atoms with Crippen molar-refractivity contribution in [2.45, 2.75) is 13.1 Å². The molecule has 32 heavy (non-hydrogen) atoms. The quantitative estimate of drug-likeness (QED) is 0.479. The first-order valence-electron chi connectivity index (χ1n) is 10.7. The lowest BCUT2D eigenvalue weighted by atomic mass is 10.1. The second-order valence-electron chi connectivity index (χ2n) is 7.89. The van der Waals surface area contributed by atoms with Gasteiger partial charge in [-0.15, -0.1) is 0 Å². The van der Waals surface area contributed by atoms with Crippen molar-refractivity contribution in [2.75, 3.05) is 31.5 Å². The number of benzene rings is 1. The molecule has 0 atom stereocenters. The number of carbonyl (C=O) groups excluding carboxylic acids is 1. The molecule has 0 saturated carbocycles. The van der Waals surface area contributed by atoms with Gasteiger partial charge in [0.15, 0.2) is 0 Å². The number of hydrogen-bond acceptors (Lipinski definition) is 5. The van der Waals surface area contributed by atoms with E-state index in [1.807, 2.05) is 70.2 Å². The van der Waals surface area contributed by atoms with Crippen molar-refractivity contribution < 1.29 is 9.21 Å². The lowest BCUT2D eigenvalue weighted by molar-refractivity contribution is 0.0628. The van der Waals surface area contributed by atoms with Crippen LogP contribution >= 0.6 is 11.6 Å². The second kappa shape index (κ2) is 9.06. The van der Waals surface area contributed by atoms with E-state index < -0.39 is 0 Å². The van der Waals surface area contributed by atoms with Crippen LogP contribution in [-0.2, 0) is 13.1 Å². The number of pyridine rings is 1. The van der Waals surface area contributed by atoms with Crippen LogP contribution in [0.2, 0.25) is 5.02 Å². The summed E-state index contributed by atoms with van der Waals surface area (Å²) >= 11 is 6.07. The van der Waals surface area contributed by atoms with Gasteiger partial charge in [-0.2, -0.15) is 0 Å². The first-order valence-corrected chi connectivity index (χ1v) is 11.0. The molecule has 164 valence electrons. The Hall–Kier alpha value is -3.29. The topological polar surface area (TPSA) is 66.0 Å². The molecule has 7 nitrogen and oxygen atoms in total. The molecule has 0 aliphatic carbocycles. The van der Waals surface area contributed by atoms with Crippen molar-refractivity contribution in [3.8, 4) is 0 Å². The van der Waals surface area contributed by atoms with Gasteiger partial charge in [-0.3, -0.25) is 9.69 Å². The van der Waals surface area contributed by atoms with Gasteiger partial charge in [-0.25, -0.2) is 4.98 Å². The fraction of sp³-hybridized carbons (Fsp3) is 0.250. The molecule has 1 amide bonds. The van der Waals surface area contributed by atoms with Crippen LogP contribution in [0.3, 0.4) is 0 Å². The summed E-state index contributed by atoms with van der Waals surface area (Å²) in [5.41, 5.74) is 3.39. The molecule has 4 aromatic rings. The molecule has 4 heterocycles. The van der Waals surface area contributed by atoms with E-state index in [0.717, 1.165) is 42.4 Å². The van der Waals surface area contributed by atoms with Crippen molar-refractivity contribution in [2.24, 2.45) is 0 Å². The number of fused-ring (bicyclic) bond motifs is 1. The zero-order valence-electron chi connectivity index (χ0n) is 17.6. The maximum Gasteiger partial charge on any atom is 0.256 e. The number of aromatic nitrogens is 2. The summed E-state index contributed by atoms with van der Waals surface area (Å²) in [6, 6.07) is 15.2. The predicted octanol–water partition coefficient (Wildman–Crippen LogP) is 4.15. The third-order valence-electron chi connectivity index (χ3n) is 5.70. The van der Waals surface area contributed by atoms with E-state index >= 15 is 0 Å². The average Bonchev–Trinajstić information content (AvgIpc) is 3.47. The van der Waals surface area contributed by atoms with Crippen LogP contribution in [0, 0.1) is 0 Å². The van der Waals surface area contributed by atoms with Gasteiger partial charge in [0.1, 0.15) is 11.4 Å². The summed E-state index contributed by atoms with van der Waals surface area (Å²) in [5.74, 6) is 0.879. The lowest BCUT2D eigenvalue weighted by Crippen LogP contribution is -2.48. The Morgan fingerprint density at radius 3 is 2.69 bits per heavy atom. The molecule has 1 fully saturated rings. The van der Waals surface area contributed by atoms with Crippen LogP contribution in [0.4, 0.5) is 5.69 Å². The maximum atomic E-state index is 13.2. The Labute approximate surface area is 191 Å². The number of piperazine rings is 1. The summed E-state index contributed by atoms with van der Waals surface area (Å²) in [7, 11) is 0. The lowest BCUT2D eigenvalue weighted by Gasteiger charge is -2.34. The van der Waals surface area contributed by atoms with Crippen LogP contribution in [0.1, 0.15) is 21.8 Å². The minimum atomic E-state index is 0.0505. The van der Waals surface area contributed by atoms with E-state index in [1.54, 1.807) is 6.26 Å². The van der Waals surface area contributed by atoms with E-state index in [0.29, 0.717) is 30.2 Å². The Morgan fingerprint density at radius 2 is 1.88 bits per heavy atom. The molecule has 5 rings (SSSR count). The van der Waals surface area contributed by atoms with Crippen LogP contribution in [0.15, 0.2) is 71.6 Å². The third kappa shape index (κ3) is 4.49. The number of rotatable bonds is 6. The number of anilines is 1. The number of furan rings is 1. The molecule has 1 N–H and O–H groups in total. The first kappa shape index (κ1) is 20.6. The number of hydrogen-bond donors (Lipinski definition) is 1. The summed E-state index contributed by atoms with van der Waals surface area (Å²) in [6.45, 7) is 4.28. The van der Waals surface area contributed by atoms with Gasteiger partial charge < -0.3 is 19.0 Å². The molecule has 1 aromatic carbocycles. The van der Waals surface area contributed by atoms with Crippen molar-refractivity contribution >= 4 is 28.8 Å². The number of imidazole rings is 1. The Balaban J connectivity index is 1.20. The number of nitrogens with zero attached hydrogens (tertiary/aromatic N) is 4. The fourth-order valence-corrected chi connectivity index (χ4v) is 4.19. The van der Waals surface area contributed by atoms with Crippen molar-refractivity contribution in [1.29, 1.82) is 0 Å². The Morgan fingerprint density at radius 1 is 1.03 bits per heavy atom. The highest BCUT2D eigenvalue weighted by Crippen LogP contribution is 2.20. The number of nitrogens with one attached hydrogen (secondary N) is 1. The first-order chi connectivity index (χ1) is 15.7. The third-order valence-corrected chi connectivity index (χ3v) is 5.92. The number of carbonyl (C=O) groups is 1. The molecule has 0 bridgehead atoms. The smallest absolute Gasteiger partial charge is 0.256 e. The second-order valence-corrected chi connectivity index (χ2v) is 8.33. The molecule has 1 saturated heterocycles. The highest BCUT2D eigenvalue weighted by Gasteiger charge is 2.24. The van der Waals surface area contributed by atoms with Gasteiger partial charge in [-0.05, 0) is 36.4 Å². The van der Waals surface area contributed by atoms with Crippen molar-refractivity contribution in [1.82, 2.24) is 19.2 Å². The fourth-order valence-electron chi connectivity index (χ4n) is 4.02. The highest BCUT2D eigenvalue weighted by atomic mass is 35.5. The van der Waals surface area contributed by atoms with Gasteiger partial charge in [0.2, 0.25) is 0 Å². The van der Waals surface area contributed by atoms with Crippen molar-refractivity contribution in [3.63, 3.8) is 0 Å². The maximum absolute atomic E-state index is 13.2. The number of amides is 1. The van der Waals surface area contributed by atoms with E-state index in [9.17, 15) is 4.79 Å². The van der Waals surface area contributed by atoms with Crippen molar-refractivity contribution in [3.05, 3.63) is 89.2 Å². The van der Waals surface area contributed by atoms with Crippen LogP contribution in [-0.4, -0.2) is 51.3 Å². The van der Waals surface area contributed by atoms with E-state index in [1.165, 1.54) is 0 Å². The largest absolute Gasteiger partial charge is 0.467 e. The van der Waals surface area contributed by atoms with Gasteiger partial charge in [0, 0.05) is 50.8 Å². The van der Waals surface area contributed by atoms with Gasteiger partial charge in [0.05, 0.1) is 29.1 Å². The summed E-state index contributed by atoms with van der Waals surface area (Å²) in [6.07, 6.45) is 5.52. The average molecular weight is 450 g/mol. The van der Waals surface area contributed by atoms with Gasteiger partial charge in [0.25, 0.3) is 5.91 Å². The summed E-state index contributed by atoms with van der Waals surface area (Å²) in [4.78, 5) is 22.1.